The molecule has 120 valence electrons. The number of aromatic hydroxyl groups is 1. The van der Waals surface area contributed by atoms with Gasteiger partial charge in [0.1, 0.15) is 11.8 Å². The van der Waals surface area contributed by atoms with Gasteiger partial charge in [0.15, 0.2) is 0 Å². The molecule has 23 heavy (non-hydrogen) atoms. The molecule has 1 aliphatic heterocycles. The third kappa shape index (κ3) is 3.46. The summed E-state index contributed by atoms with van der Waals surface area (Å²) >= 11 is 0. The molecule has 2 aromatic carbocycles. The Morgan fingerprint density at radius 2 is 1.57 bits per heavy atom. The minimum Gasteiger partial charge on any atom is -0.508 e. The topological polar surface area (TPSA) is 69.8 Å². The molecule has 1 amide bonds. The Morgan fingerprint density at radius 3 is 2.17 bits per heavy atom. The van der Waals surface area contributed by atoms with Crippen LogP contribution in [0.4, 0.5) is 5.69 Å². The predicted molar refractivity (Wildman–Crippen MR) is 90.3 cm³/mol. The second-order valence-corrected chi connectivity index (χ2v) is 5.72. The van der Waals surface area contributed by atoms with E-state index in [1.54, 1.807) is 12.1 Å². The van der Waals surface area contributed by atoms with Crippen LogP contribution in [0.15, 0.2) is 54.6 Å². The second kappa shape index (κ2) is 6.71. The summed E-state index contributed by atoms with van der Waals surface area (Å²) in [5, 5.41) is 9.35. The van der Waals surface area contributed by atoms with Crippen LogP contribution in [0.2, 0.25) is 0 Å². The summed E-state index contributed by atoms with van der Waals surface area (Å²) < 4.78 is 0. The number of hydrogen-bond donors (Lipinski definition) is 2. The number of phenols is 1. The van der Waals surface area contributed by atoms with Gasteiger partial charge in [-0.3, -0.25) is 4.79 Å². The Bertz CT molecular complexity index is 650. The van der Waals surface area contributed by atoms with Crippen LogP contribution in [0.1, 0.15) is 11.6 Å². The van der Waals surface area contributed by atoms with Gasteiger partial charge in [-0.1, -0.05) is 30.3 Å². The van der Waals surface area contributed by atoms with Gasteiger partial charge >= 0.3 is 0 Å². The average Bonchev–Trinajstić information content (AvgIpc) is 2.62. The van der Waals surface area contributed by atoms with Crippen LogP contribution in [-0.4, -0.2) is 42.1 Å². The van der Waals surface area contributed by atoms with E-state index in [-0.39, 0.29) is 11.7 Å². The van der Waals surface area contributed by atoms with Crippen molar-refractivity contribution >= 4 is 11.6 Å². The zero-order valence-electron chi connectivity index (χ0n) is 12.9. The van der Waals surface area contributed by atoms with Crippen molar-refractivity contribution < 1.29 is 9.90 Å². The number of anilines is 1. The highest BCUT2D eigenvalue weighted by Crippen LogP contribution is 2.21. The maximum atomic E-state index is 12.5. The lowest BCUT2D eigenvalue weighted by Gasteiger charge is -2.37. The van der Waals surface area contributed by atoms with Gasteiger partial charge in [-0.2, -0.15) is 0 Å². The van der Waals surface area contributed by atoms with E-state index in [1.165, 1.54) is 0 Å². The SMILES string of the molecule is N[C@@H](C(=O)N1CCN(c2ccc(O)cc2)CC1)c1ccccc1. The average molecular weight is 311 g/mol. The van der Waals surface area contributed by atoms with Crippen LogP contribution in [0.3, 0.4) is 0 Å². The number of hydrogen-bond acceptors (Lipinski definition) is 4. The molecule has 1 aliphatic rings. The number of benzene rings is 2. The molecule has 0 unspecified atom stereocenters. The van der Waals surface area contributed by atoms with Crippen molar-refractivity contribution in [1.29, 1.82) is 0 Å². The molecule has 0 aliphatic carbocycles. The van der Waals surface area contributed by atoms with E-state index < -0.39 is 6.04 Å². The Kier molecular flexibility index (Phi) is 4.48. The first-order valence-electron chi connectivity index (χ1n) is 7.78. The number of carbonyl (C=O) groups is 1. The smallest absolute Gasteiger partial charge is 0.244 e. The molecule has 5 nitrogen and oxygen atoms in total. The first kappa shape index (κ1) is 15.4. The fourth-order valence-electron chi connectivity index (χ4n) is 2.85. The fraction of sp³-hybridized carbons (Fsp3) is 0.278. The van der Waals surface area contributed by atoms with Crippen molar-refractivity contribution in [1.82, 2.24) is 4.90 Å². The van der Waals surface area contributed by atoms with Crippen LogP contribution < -0.4 is 10.6 Å². The van der Waals surface area contributed by atoms with E-state index in [2.05, 4.69) is 4.90 Å². The Labute approximate surface area is 135 Å². The highest BCUT2D eigenvalue weighted by atomic mass is 16.3. The van der Waals surface area contributed by atoms with E-state index in [1.807, 2.05) is 47.4 Å². The molecule has 0 saturated carbocycles. The zero-order valence-corrected chi connectivity index (χ0v) is 12.9. The number of phenolic OH excluding ortho intramolecular Hbond substituents is 1. The van der Waals surface area contributed by atoms with Gasteiger partial charge in [-0.25, -0.2) is 0 Å². The number of piperazine rings is 1. The van der Waals surface area contributed by atoms with Crippen molar-refractivity contribution in [2.24, 2.45) is 5.73 Å². The Balaban J connectivity index is 1.60. The summed E-state index contributed by atoms with van der Waals surface area (Å²) in [6.45, 7) is 2.83. The molecule has 0 spiro atoms. The van der Waals surface area contributed by atoms with E-state index in [0.29, 0.717) is 13.1 Å². The Morgan fingerprint density at radius 1 is 0.957 bits per heavy atom. The molecule has 3 rings (SSSR count). The number of nitrogens with two attached hydrogens (primary N) is 1. The summed E-state index contributed by atoms with van der Waals surface area (Å²) in [5.41, 5.74) is 8.00. The molecule has 0 radical (unpaired) electrons. The third-order valence-electron chi connectivity index (χ3n) is 4.23. The van der Waals surface area contributed by atoms with E-state index in [0.717, 1.165) is 24.3 Å². The predicted octanol–water partition coefficient (Wildman–Crippen LogP) is 1.74. The monoisotopic (exact) mass is 311 g/mol. The lowest BCUT2D eigenvalue weighted by atomic mass is 10.1. The molecule has 5 heteroatoms. The van der Waals surface area contributed by atoms with Crippen molar-refractivity contribution in [2.75, 3.05) is 31.1 Å². The summed E-state index contributed by atoms with van der Waals surface area (Å²) in [7, 11) is 0. The fourth-order valence-corrected chi connectivity index (χ4v) is 2.85. The van der Waals surface area contributed by atoms with Crippen LogP contribution in [0.25, 0.3) is 0 Å². The van der Waals surface area contributed by atoms with Crippen molar-refractivity contribution in [3.05, 3.63) is 60.2 Å². The largest absolute Gasteiger partial charge is 0.508 e. The van der Waals surface area contributed by atoms with Gasteiger partial charge in [0, 0.05) is 31.9 Å². The molecule has 1 atom stereocenters. The third-order valence-corrected chi connectivity index (χ3v) is 4.23. The van der Waals surface area contributed by atoms with Gasteiger partial charge in [-0.05, 0) is 29.8 Å². The normalized spacial score (nSPS) is 16.2. The molecule has 3 N–H and O–H groups in total. The van der Waals surface area contributed by atoms with Gasteiger partial charge in [0.25, 0.3) is 0 Å². The van der Waals surface area contributed by atoms with Gasteiger partial charge in [0.05, 0.1) is 0 Å². The number of carbonyl (C=O) groups excluding carboxylic acids is 1. The van der Waals surface area contributed by atoms with Crippen LogP contribution in [-0.2, 0) is 4.79 Å². The molecule has 0 bridgehead atoms. The molecule has 1 fully saturated rings. The minimum atomic E-state index is -0.601. The first-order chi connectivity index (χ1) is 11.1. The van der Waals surface area contributed by atoms with Crippen molar-refractivity contribution in [3.8, 4) is 5.75 Å². The Hall–Kier alpha value is -2.53. The highest BCUT2D eigenvalue weighted by molar-refractivity contribution is 5.83. The first-order valence-corrected chi connectivity index (χ1v) is 7.78. The summed E-state index contributed by atoms with van der Waals surface area (Å²) in [5.74, 6) is 0.234. The number of rotatable bonds is 3. The van der Waals surface area contributed by atoms with Gasteiger partial charge in [-0.15, -0.1) is 0 Å². The summed E-state index contributed by atoms with van der Waals surface area (Å²) in [4.78, 5) is 16.6. The van der Waals surface area contributed by atoms with Crippen LogP contribution >= 0.6 is 0 Å². The number of nitrogens with zero attached hydrogens (tertiary/aromatic N) is 2. The lowest BCUT2D eigenvalue weighted by molar-refractivity contribution is -0.133. The quantitative estimate of drug-likeness (QED) is 0.906. The van der Waals surface area contributed by atoms with Crippen molar-refractivity contribution in [2.45, 2.75) is 6.04 Å². The van der Waals surface area contributed by atoms with Crippen LogP contribution in [0, 0.1) is 0 Å². The lowest BCUT2D eigenvalue weighted by Crippen LogP contribution is -2.51. The van der Waals surface area contributed by atoms with E-state index >= 15 is 0 Å². The maximum absolute atomic E-state index is 12.5. The van der Waals surface area contributed by atoms with E-state index in [9.17, 15) is 9.90 Å². The zero-order chi connectivity index (χ0) is 16.2. The second-order valence-electron chi connectivity index (χ2n) is 5.72. The molecule has 0 aromatic heterocycles. The molecular weight excluding hydrogens is 290 g/mol. The molecular formula is C18H21N3O2. The summed E-state index contributed by atoms with van der Waals surface area (Å²) in [6, 6.07) is 16.0. The number of amides is 1. The van der Waals surface area contributed by atoms with E-state index in [4.69, 9.17) is 5.73 Å². The molecule has 1 saturated heterocycles. The maximum Gasteiger partial charge on any atom is 0.244 e. The minimum absolute atomic E-state index is 0.0263. The molecule has 2 aromatic rings. The highest BCUT2D eigenvalue weighted by Gasteiger charge is 2.26. The standard InChI is InChI=1S/C18H21N3O2/c19-17(14-4-2-1-3-5-14)18(23)21-12-10-20(11-13-21)15-6-8-16(22)9-7-15/h1-9,17,22H,10-13,19H2/t17-/m1/s1. The van der Waals surface area contributed by atoms with Gasteiger partial charge < -0.3 is 20.6 Å². The summed E-state index contributed by atoms with van der Waals surface area (Å²) in [6.07, 6.45) is 0. The van der Waals surface area contributed by atoms with Crippen LogP contribution in [0.5, 0.6) is 5.75 Å². The van der Waals surface area contributed by atoms with Gasteiger partial charge in [0.2, 0.25) is 5.91 Å². The van der Waals surface area contributed by atoms with Crippen molar-refractivity contribution in [3.63, 3.8) is 0 Å². The molecule has 1 heterocycles.